The SMILES string of the molecule is COc1ccc(OC)c(NC(=S)NC(=O)C(C)c2ccc(CC(C)C)cc2)c1. The first kappa shape index (κ1) is 21.7. The molecule has 6 heteroatoms. The van der Waals surface area contributed by atoms with Gasteiger partial charge in [-0.15, -0.1) is 0 Å². The van der Waals surface area contributed by atoms with Crippen molar-refractivity contribution in [2.24, 2.45) is 5.92 Å². The van der Waals surface area contributed by atoms with Crippen LogP contribution in [0.25, 0.3) is 0 Å². The lowest BCUT2D eigenvalue weighted by Crippen LogP contribution is -2.36. The Morgan fingerprint density at radius 3 is 2.29 bits per heavy atom. The number of carbonyl (C=O) groups is 1. The normalized spacial score (nSPS) is 11.6. The van der Waals surface area contributed by atoms with E-state index in [4.69, 9.17) is 21.7 Å². The summed E-state index contributed by atoms with van der Waals surface area (Å²) in [4.78, 5) is 12.6. The number of benzene rings is 2. The number of amides is 1. The maximum atomic E-state index is 12.6. The molecule has 0 bridgehead atoms. The van der Waals surface area contributed by atoms with E-state index >= 15 is 0 Å². The molecule has 0 aliphatic carbocycles. The fourth-order valence-electron chi connectivity index (χ4n) is 2.85. The van der Waals surface area contributed by atoms with Gasteiger partial charge in [0.1, 0.15) is 11.5 Å². The van der Waals surface area contributed by atoms with Gasteiger partial charge in [0.05, 0.1) is 25.8 Å². The van der Waals surface area contributed by atoms with Crippen LogP contribution in [0.3, 0.4) is 0 Å². The van der Waals surface area contributed by atoms with Crippen LogP contribution in [0.15, 0.2) is 42.5 Å². The van der Waals surface area contributed by atoms with Gasteiger partial charge in [-0.1, -0.05) is 38.1 Å². The second-order valence-electron chi connectivity index (χ2n) is 7.07. The summed E-state index contributed by atoms with van der Waals surface area (Å²) in [6.45, 7) is 6.24. The van der Waals surface area contributed by atoms with Gasteiger partial charge in [0.25, 0.3) is 0 Å². The second kappa shape index (κ2) is 10.1. The molecule has 0 aromatic heterocycles. The number of ether oxygens (including phenoxy) is 2. The van der Waals surface area contributed by atoms with Crippen LogP contribution in [0.4, 0.5) is 5.69 Å². The van der Waals surface area contributed by atoms with E-state index in [2.05, 4.69) is 36.6 Å². The molecule has 28 heavy (non-hydrogen) atoms. The number of thiocarbonyl (C=S) groups is 1. The molecular weight excluding hydrogens is 372 g/mol. The maximum Gasteiger partial charge on any atom is 0.233 e. The number of hydrogen-bond acceptors (Lipinski definition) is 4. The van der Waals surface area contributed by atoms with Crippen LogP contribution in [-0.4, -0.2) is 25.2 Å². The van der Waals surface area contributed by atoms with Gasteiger partial charge in [-0.25, -0.2) is 0 Å². The summed E-state index contributed by atoms with van der Waals surface area (Å²) in [5.74, 6) is 1.37. The van der Waals surface area contributed by atoms with Crippen LogP contribution in [0, 0.1) is 5.92 Å². The fraction of sp³-hybridized carbons (Fsp3) is 0.364. The van der Waals surface area contributed by atoms with E-state index in [9.17, 15) is 4.79 Å². The molecule has 5 nitrogen and oxygen atoms in total. The first-order valence-electron chi connectivity index (χ1n) is 9.26. The van der Waals surface area contributed by atoms with E-state index in [1.807, 2.05) is 19.1 Å². The Morgan fingerprint density at radius 1 is 1.04 bits per heavy atom. The molecule has 0 saturated carbocycles. The highest BCUT2D eigenvalue weighted by atomic mass is 32.1. The molecule has 2 N–H and O–H groups in total. The van der Waals surface area contributed by atoms with Crippen molar-refractivity contribution in [2.75, 3.05) is 19.5 Å². The molecule has 1 amide bonds. The first-order valence-corrected chi connectivity index (χ1v) is 9.67. The van der Waals surface area contributed by atoms with Gasteiger partial charge in [-0.3, -0.25) is 4.79 Å². The molecule has 0 heterocycles. The largest absolute Gasteiger partial charge is 0.497 e. The van der Waals surface area contributed by atoms with Crippen LogP contribution < -0.4 is 20.1 Å². The number of nitrogens with one attached hydrogen (secondary N) is 2. The third-order valence-corrected chi connectivity index (χ3v) is 4.61. The van der Waals surface area contributed by atoms with Crippen molar-refractivity contribution >= 4 is 28.9 Å². The van der Waals surface area contributed by atoms with E-state index in [-0.39, 0.29) is 16.9 Å². The van der Waals surface area contributed by atoms with Crippen molar-refractivity contribution < 1.29 is 14.3 Å². The molecule has 2 aromatic rings. The zero-order valence-corrected chi connectivity index (χ0v) is 17.9. The third kappa shape index (κ3) is 5.96. The molecule has 150 valence electrons. The van der Waals surface area contributed by atoms with Crippen LogP contribution in [0.2, 0.25) is 0 Å². The van der Waals surface area contributed by atoms with Crippen molar-refractivity contribution in [1.82, 2.24) is 5.32 Å². The van der Waals surface area contributed by atoms with Gasteiger partial charge in [-0.05, 0) is 54.7 Å². The Morgan fingerprint density at radius 2 is 1.71 bits per heavy atom. The van der Waals surface area contributed by atoms with E-state index in [0.717, 1.165) is 12.0 Å². The van der Waals surface area contributed by atoms with Gasteiger partial charge in [-0.2, -0.15) is 0 Å². The van der Waals surface area contributed by atoms with Gasteiger partial charge in [0, 0.05) is 6.07 Å². The summed E-state index contributed by atoms with van der Waals surface area (Å²) in [6, 6.07) is 13.5. The van der Waals surface area contributed by atoms with Crippen molar-refractivity contribution in [3.05, 3.63) is 53.6 Å². The lowest BCUT2D eigenvalue weighted by molar-refractivity contribution is -0.120. The summed E-state index contributed by atoms with van der Waals surface area (Å²) < 4.78 is 10.5. The van der Waals surface area contributed by atoms with Gasteiger partial charge in [0.2, 0.25) is 5.91 Å². The molecule has 0 fully saturated rings. The van der Waals surface area contributed by atoms with Crippen molar-refractivity contribution in [3.63, 3.8) is 0 Å². The summed E-state index contributed by atoms with van der Waals surface area (Å²) in [7, 11) is 3.15. The minimum absolute atomic E-state index is 0.170. The molecule has 2 rings (SSSR count). The highest BCUT2D eigenvalue weighted by Gasteiger charge is 2.17. The molecule has 0 aliphatic rings. The molecular formula is C22H28N2O3S. The zero-order chi connectivity index (χ0) is 20.7. The number of carbonyl (C=O) groups excluding carboxylic acids is 1. The molecule has 0 saturated heterocycles. The lowest BCUT2D eigenvalue weighted by atomic mass is 9.96. The summed E-state index contributed by atoms with van der Waals surface area (Å²) in [5.41, 5.74) is 2.85. The predicted molar refractivity (Wildman–Crippen MR) is 117 cm³/mol. The van der Waals surface area contributed by atoms with Crippen molar-refractivity contribution in [1.29, 1.82) is 0 Å². The highest BCUT2D eigenvalue weighted by molar-refractivity contribution is 7.80. The maximum absolute atomic E-state index is 12.6. The standard InChI is InChI=1S/C22H28N2O3S/c1-14(2)12-16-6-8-17(9-7-16)15(3)21(25)24-22(28)23-19-13-18(26-4)10-11-20(19)27-5/h6-11,13-15H,12H2,1-5H3,(H2,23,24,25,28). The summed E-state index contributed by atoms with van der Waals surface area (Å²) >= 11 is 5.30. The Kier molecular flexibility index (Phi) is 7.81. The number of methoxy groups -OCH3 is 2. The Bertz CT molecular complexity index is 819. The molecule has 0 radical (unpaired) electrons. The van der Waals surface area contributed by atoms with Gasteiger partial charge in [0.15, 0.2) is 5.11 Å². The fourth-order valence-corrected chi connectivity index (χ4v) is 3.06. The number of anilines is 1. The van der Waals surface area contributed by atoms with Crippen LogP contribution in [-0.2, 0) is 11.2 Å². The summed E-state index contributed by atoms with van der Waals surface area (Å²) in [6.07, 6.45) is 1.03. The third-order valence-electron chi connectivity index (χ3n) is 4.41. The van der Waals surface area contributed by atoms with Crippen LogP contribution in [0.1, 0.15) is 37.8 Å². The predicted octanol–water partition coefficient (Wildman–Crippen LogP) is 4.52. The van der Waals surface area contributed by atoms with Crippen LogP contribution >= 0.6 is 12.2 Å². The molecule has 1 unspecified atom stereocenters. The van der Waals surface area contributed by atoms with E-state index < -0.39 is 0 Å². The average molecular weight is 401 g/mol. The highest BCUT2D eigenvalue weighted by Crippen LogP contribution is 2.28. The average Bonchev–Trinajstić information content (AvgIpc) is 2.67. The Hall–Kier alpha value is -2.60. The first-order chi connectivity index (χ1) is 13.3. The van der Waals surface area contributed by atoms with Gasteiger partial charge >= 0.3 is 0 Å². The molecule has 2 aromatic carbocycles. The zero-order valence-electron chi connectivity index (χ0n) is 17.0. The Balaban J connectivity index is 2.01. The lowest BCUT2D eigenvalue weighted by Gasteiger charge is -2.16. The quantitative estimate of drug-likeness (QED) is 0.669. The minimum atomic E-state index is -0.319. The minimum Gasteiger partial charge on any atom is -0.497 e. The van der Waals surface area contributed by atoms with E-state index in [1.54, 1.807) is 32.4 Å². The van der Waals surface area contributed by atoms with Gasteiger partial charge < -0.3 is 20.1 Å². The smallest absolute Gasteiger partial charge is 0.233 e. The topological polar surface area (TPSA) is 59.6 Å². The number of rotatable bonds is 7. The molecule has 0 spiro atoms. The monoisotopic (exact) mass is 400 g/mol. The second-order valence-corrected chi connectivity index (χ2v) is 7.48. The Labute approximate surface area is 172 Å². The van der Waals surface area contributed by atoms with Crippen LogP contribution in [0.5, 0.6) is 11.5 Å². The van der Waals surface area contributed by atoms with Crippen molar-refractivity contribution in [3.8, 4) is 11.5 Å². The summed E-state index contributed by atoms with van der Waals surface area (Å²) in [5, 5.41) is 5.95. The van der Waals surface area contributed by atoms with E-state index in [1.165, 1.54) is 5.56 Å². The van der Waals surface area contributed by atoms with Crippen molar-refractivity contribution in [2.45, 2.75) is 33.1 Å². The van der Waals surface area contributed by atoms with E-state index in [0.29, 0.717) is 23.1 Å². The molecule has 0 aliphatic heterocycles. The number of hydrogen-bond donors (Lipinski definition) is 2. The molecule has 1 atom stereocenters.